The van der Waals surface area contributed by atoms with Gasteiger partial charge in [0, 0.05) is 11.6 Å². The second-order valence-electron chi connectivity index (χ2n) is 4.96. The van der Waals surface area contributed by atoms with Crippen molar-refractivity contribution in [3.8, 4) is 6.07 Å². The third-order valence-corrected chi connectivity index (χ3v) is 3.55. The summed E-state index contributed by atoms with van der Waals surface area (Å²) in [5.41, 5.74) is 2.58. The van der Waals surface area contributed by atoms with E-state index < -0.39 is 0 Å². The summed E-state index contributed by atoms with van der Waals surface area (Å²) in [5.74, 6) is 0. The van der Waals surface area contributed by atoms with E-state index in [9.17, 15) is 5.26 Å². The molecule has 0 bridgehead atoms. The lowest BCUT2D eigenvalue weighted by Crippen LogP contribution is -2.38. The van der Waals surface area contributed by atoms with E-state index in [2.05, 4.69) is 41.5 Å². The van der Waals surface area contributed by atoms with Gasteiger partial charge in [0.25, 0.3) is 0 Å². The van der Waals surface area contributed by atoms with Crippen LogP contribution in [0.1, 0.15) is 11.3 Å². The lowest BCUT2D eigenvalue weighted by atomic mass is 10.0. The number of fused-ring (bicyclic) bond motifs is 1. The summed E-state index contributed by atoms with van der Waals surface area (Å²) in [6.45, 7) is 4.64. The number of pyridine rings is 1. The molecule has 0 N–H and O–H groups in total. The van der Waals surface area contributed by atoms with E-state index in [0.29, 0.717) is 5.57 Å². The van der Waals surface area contributed by atoms with Crippen LogP contribution in [-0.4, -0.2) is 0 Å². The third kappa shape index (κ3) is 2.54. The molecule has 0 atom stereocenters. The minimum absolute atomic E-state index is 0.489. The van der Waals surface area contributed by atoms with Gasteiger partial charge in [-0.2, -0.15) is 9.83 Å². The summed E-state index contributed by atoms with van der Waals surface area (Å²) in [6, 6.07) is 22.6. The van der Waals surface area contributed by atoms with Crippen LogP contribution in [-0.2, 0) is 6.54 Å². The summed E-state index contributed by atoms with van der Waals surface area (Å²) < 4.78 is 2.09. The van der Waals surface area contributed by atoms with Crippen molar-refractivity contribution >= 4 is 16.3 Å². The van der Waals surface area contributed by atoms with Crippen molar-refractivity contribution in [1.29, 1.82) is 5.26 Å². The summed E-state index contributed by atoms with van der Waals surface area (Å²) in [6.07, 6.45) is 2.02. The number of rotatable bonds is 3. The lowest BCUT2D eigenvalue weighted by molar-refractivity contribution is -0.689. The second-order valence-corrected chi connectivity index (χ2v) is 4.96. The highest BCUT2D eigenvalue weighted by atomic mass is 15.0. The van der Waals surface area contributed by atoms with Gasteiger partial charge in [0.1, 0.15) is 11.6 Å². The maximum absolute atomic E-state index is 9.28. The highest BCUT2D eigenvalue weighted by Crippen LogP contribution is 2.20. The van der Waals surface area contributed by atoms with Gasteiger partial charge >= 0.3 is 0 Å². The molecule has 0 aliphatic heterocycles. The van der Waals surface area contributed by atoms with Crippen LogP contribution >= 0.6 is 0 Å². The molecular weight excluding hydrogens is 256 g/mol. The number of nitrogens with zero attached hydrogens (tertiary/aromatic N) is 2. The zero-order chi connectivity index (χ0) is 14.7. The van der Waals surface area contributed by atoms with Crippen LogP contribution in [0.15, 0.2) is 73.4 Å². The van der Waals surface area contributed by atoms with E-state index in [1.165, 1.54) is 5.56 Å². The van der Waals surface area contributed by atoms with E-state index in [1.807, 2.05) is 42.6 Å². The van der Waals surface area contributed by atoms with E-state index in [0.717, 1.165) is 23.0 Å². The molecule has 2 heteroatoms. The molecule has 0 aliphatic carbocycles. The maximum Gasteiger partial charge on any atom is 0.230 e. The number of nitriles is 1. The number of hydrogen-bond donors (Lipinski definition) is 0. The Labute approximate surface area is 124 Å². The number of allylic oxidation sites excluding steroid dienone is 1. The van der Waals surface area contributed by atoms with Gasteiger partial charge < -0.3 is 0 Å². The Balaban J connectivity index is 2.18. The first kappa shape index (κ1) is 13.1. The number of hydrogen-bond acceptors (Lipinski definition) is 1. The van der Waals surface area contributed by atoms with Gasteiger partial charge in [-0.1, -0.05) is 55.1 Å². The first-order valence-electron chi connectivity index (χ1n) is 6.84. The van der Waals surface area contributed by atoms with Crippen molar-refractivity contribution in [3.63, 3.8) is 0 Å². The van der Waals surface area contributed by atoms with Gasteiger partial charge in [-0.05, 0) is 11.5 Å². The smallest absolute Gasteiger partial charge is 0.193 e. The third-order valence-electron chi connectivity index (χ3n) is 3.55. The maximum atomic E-state index is 9.28. The van der Waals surface area contributed by atoms with Crippen molar-refractivity contribution in [2.24, 2.45) is 0 Å². The molecule has 3 rings (SSSR count). The fourth-order valence-electron chi connectivity index (χ4n) is 2.56. The van der Waals surface area contributed by atoms with Crippen molar-refractivity contribution in [1.82, 2.24) is 0 Å². The molecule has 1 aromatic heterocycles. The van der Waals surface area contributed by atoms with Gasteiger partial charge in [-0.25, -0.2) is 0 Å². The number of aromatic nitrogens is 1. The van der Waals surface area contributed by atoms with Gasteiger partial charge in [0.2, 0.25) is 5.69 Å². The predicted octanol–water partition coefficient (Wildman–Crippen LogP) is 3.71. The van der Waals surface area contributed by atoms with Crippen LogP contribution in [0, 0.1) is 11.3 Å². The monoisotopic (exact) mass is 271 g/mol. The van der Waals surface area contributed by atoms with Crippen LogP contribution in [0.2, 0.25) is 0 Å². The van der Waals surface area contributed by atoms with E-state index >= 15 is 0 Å². The summed E-state index contributed by atoms with van der Waals surface area (Å²) in [5, 5.41) is 11.5. The highest BCUT2D eigenvalue weighted by molar-refractivity contribution is 5.93. The van der Waals surface area contributed by atoms with Crippen LogP contribution in [0.3, 0.4) is 0 Å². The molecule has 0 unspecified atom stereocenters. The second kappa shape index (κ2) is 5.60. The zero-order valence-electron chi connectivity index (χ0n) is 11.7. The average Bonchev–Trinajstić information content (AvgIpc) is 2.55. The molecule has 21 heavy (non-hydrogen) atoms. The van der Waals surface area contributed by atoms with Crippen molar-refractivity contribution in [2.75, 3.05) is 0 Å². The standard InChI is InChI=1S/C19H15N2/c1-15(13-20)19-18-10-6-5-9-17(18)11-12-21(19)14-16-7-3-2-4-8-16/h2-12H,1,14H2/q+1. The lowest BCUT2D eigenvalue weighted by Gasteiger charge is -2.06. The summed E-state index contributed by atoms with van der Waals surface area (Å²) in [7, 11) is 0. The molecule has 2 aromatic carbocycles. The first-order chi connectivity index (χ1) is 10.3. The normalized spacial score (nSPS) is 10.2. The molecule has 1 heterocycles. The largest absolute Gasteiger partial charge is 0.230 e. The zero-order valence-corrected chi connectivity index (χ0v) is 11.7. The van der Waals surface area contributed by atoms with E-state index in [4.69, 9.17) is 0 Å². The quantitative estimate of drug-likeness (QED) is 0.527. The highest BCUT2D eigenvalue weighted by Gasteiger charge is 2.18. The van der Waals surface area contributed by atoms with Gasteiger partial charge in [0.15, 0.2) is 12.7 Å². The summed E-state index contributed by atoms with van der Waals surface area (Å²) in [4.78, 5) is 0. The average molecular weight is 271 g/mol. The molecule has 0 fully saturated rings. The van der Waals surface area contributed by atoms with Crippen LogP contribution in [0.4, 0.5) is 0 Å². The van der Waals surface area contributed by atoms with Gasteiger partial charge in [-0.3, -0.25) is 0 Å². The Morgan fingerprint density at radius 2 is 1.71 bits per heavy atom. The SMILES string of the molecule is C=C(C#N)c1c2ccccc2cc[n+]1Cc1ccccc1. The van der Waals surface area contributed by atoms with Crippen LogP contribution in [0.25, 0.3) is 16.3 Å². The molecule has 0 spiro atoms. The predicted molar refractivity (Wildman–Crippen MR) is 84.3 cm³/mol. The van der Waals surface area contributed by atoms with Crippen molar-refractivity contribution in [2.45, 2.75) is 6.54 Å². The molecule has 0 amide bonds. The molecular formula is C19H15N2+. The Hall–Kier alpha value is -2.92. The first-order valence-corrected chi connectivity index (χ1v) is 6.84. The summed E-state index contributed by atoms with van der Waals surface area (Å²) >= 11 is 0. The molecule has 100 valence electrons. The molecule has 0 radical (unpaired) electrons. The van der Waals surface area contributed by atoms with Crippen LogP contribution < -0.4 is 4.57 Å². The Morgan fingerprint density at radius 3 is 2.48 bits per heavy atom. The van der Waals surface area contributed by atoms with E-state index in [-0.39, 0.29) is 0 Å². The Kier molecular flexibility index (Phi) is 3.49. The molecule has 0 saturated carbocycles. The fourth-order valence-corrected chi connectivity index (χ4v) is 2.56. The topological polar surface area (TPSA) is 27.7 Å². The number of benzene rings is 2. The van der Waals surface area contributed by atoms with Crippen molar-refractivity contribution in [3.05, 3.63) is 84.7 Å². The minimum atomic E-state index is 0.489. The van der Waals surface area contributed by atoms with E-state index in [1.54, 1.807) is 0 Å². The fraction of sp³-hybridized carbons (Fsp3) is 0.0526. The van der Waals surface area contributed by atoms with Crippen LogP contribution in [0.5, 0.6) is 0 Å². The molecule has 0 aliphatic rings. The molecule has 3 aromatic rings. The Morgan fingerprint density at radius 1 is 1.00 bits per heavy atom. The molecule has 0 saturated heterocycles. The van der Waals surface area contributed by atoms with Crippen molar-refractivity contribution < 1.29 is 4.57 Å². The Bertz CT molecular complexity index is 842. The minimum Gasteiger partial charge on any atom is -0.193 e. The molecule has 2 nitrogen and oxygen atoms in total. The van der Waals surface area contributed by atoms with Gasteiger partial charge in [-0.15, -0.1) is 0 Å². The van der Waals surface area contributed by atoms with Gasteiger partial charge in [0.05, 0.1) is 5.39 Å².